The third-order valence-corrected chi connectivity index (χ3v) is 3.83. The van der Waals surface area contributed by atoms with Gasteiger partial charge in [-0.25, -0.2) is 4.79 Å². The normalized spacial score (nSPS) is 26.1. The van der Waals surface area contributed by atoms with Gasteiger partial charge >= 0.3 is 6.09 Å². The van der Waals surface area contributed by atoms with Crippen molar-refractivity contribution in [3.8, 4) is 0 Å². The number of carbonyl (C=O) groups excluding carboxylic acids is 2. The number of rotatable bonds is 4. The first kappa shape index (κ1) is 16.8. The number of ether oxygens (including phenoxy) is 1. The molecule has 3 unspecified atom stereocenters. The Morgan fingerprint density at radius 3 is 2.35 bits per heavy atom. The van der Waals surface area contributed by atoms with Gasteiger partial charge in [0, 0.05) is 19.0 Å². The van der Waals surface area contributed by atoms with E-state index in [-0.39, 0.29) is 18.4 Å². The maximum absolute atomic E-state index is 11.8. The molecule has 1 fully saturated rings. The molecule has 20 heavy (non-hydrogen) atoms. The average Bonchev–Trinajstić information content (AvgIpc) is 2.58. The quantitative estimate of drug-likeness (QED) is 0.833. The Hall–Kier alpha value is -1.26. The molecule has 1 saturated carbocycles. The van der Waals surface area contributed by atoms with Gasteiger partial charge in [-0.05, 0) is 45.4 Å². The van der Waals surface area contributed by atoms with Crippen molar-refractivity contribution in [3.05, 3.63) is 0 Å². The lowest BCUT2D eigenvalue weighted by atomic mass is 9.98. The third kappa shape index (κ3) is 5.80. The van der Waals surface area contributed by atoms with E-state index in [2.05, 4.69) is 24.5 Å². The molecule has 116 valence electrons. The van der Waals surface area contributed by atoms with Crippen LogP contribution in [0.4, 0.5) is 4.79 Å². The fourth-order valence-corrected chi connectivity index (χ4v) is 2.44. The number of hydrogen-bond acceptors (Lipinski definition) is 3. The first-order chi connectivity index (χ1) is 9.19. The molecule has 1 rings (SSSR count). The first-order valence-corrected chi connectivity index (χ1v) is 7.45. The SMILES string of the molecule is CC1CCC(NC(=O)CCNC(=O)OC(C)(C)C)C1C. The summed E-state index contributed by atoms with van der Waals surface area (Å²) in [7, 11) is 0. The second-order valence-corrected chi connectivity index (χ2v) is 6.77. The van der Waals surface area contributed by atoms with E-state index in [0.29, 0.717) is 18.4 Å². The molecule has 3 atom stereocenters. The van der Waals surface area contributed by atoms with E-state index in [9.17, 15) is 9.59 Å². The number of carbonyl (C=O) groups is 2. The van der Waals surface area contributed by atoms with Crippen molar-refractivity contribution in [2.45, 2.75) is 65.5 Å². The minimum absolute atomic E-state index is 0.00740. The van der Waals surface area contributed by atoms with Crippen molar-refractivity contribution < 1.29 is 14.3 Å². The minimum Gasteiger partial charge on any atom is -0.444 e. The van der Waals surface area contributed by atoms with E-state index < -0.39 is 11.7 Å². The lowest BCUT2D eigenvalue weighted by molar-refractivity contribution is -0.121. The van der Waals surface area contributed by atoms with Crippen LogP contribution in [0, 0.1) is 11.8 Å². The van der Waals surface area contributed by atoms with Gasteiger partial charge in [-0.3, -0.25) is 4.79 Å². The van der Waals surface area contributed by atoms with Crippen LogP contribution in [0.25, 0.3) is 0 Å². The second-order valence-electron chi connectivity index (χ2n) is 6.77. The Morgan fingerprint density at radius 2 is 1.85 bits per heavy atom. The minimum atomic E-state index is -0.512. The van der Waals surface area contributed by atoms with Crippen LogP contribution in [0.15, 0.2) is 0 Å². The highest BCUT2D eigenvalue weighted by Crippen LogP contribution is 2.30. The summed E-state index contributed by atoms with van der Waals surface area (Å²) in [6.07, 6.45) is 2.03. The van der Waals surface area contributed by atoms with Crippen molar-refractivity contribution in [2.75, 3.05) is 6.54 Å². The molecule has 0 aliphatic heterocycles. The number of alkyl carbamates (subject to hydrolysis) is 1. The number of nitrogens with one attached hydrogen (secondary N) is 2. The molecule has 0 aromatic carbocycles. The monoisotopic (exact) mass is 284 g/mol. The Bertz CT molecular complexity index is 350. The third-order valence-electron chi connectivity index (χ3n) is 3.83. The molecule has 0 heterocycles. The highest BCUT2D eigenvalue weighted by atomic mass is 16.6. The predicted octanol–water partition coefficient (Wildman–Crippen LogP) is 2.45. The summed E-state index contributed by atoms with van der Waals surface area (Å²) < 4.78 is 5.10. The molecular formula is C15H28N2O3. The van der Waals surface area contributed by atoms with Gasteiger partial charge in [0.15, 0.2) is 0 Å². The Morgan fingerprint density at radius 1 is 1.20 bits per heavy atom. The van der Waals surface area contributed by atoms with Crippen LogP contribution in [0.2, 0.25) is 0 Å². The van der Waals surface area contributed by atoms with Gasteiger partial charge in [-0.2, -0.15) is 0 Å². The van der Waals surface area contributed by atoms with Crippen molar-refractivity contribution >= 4 is 12.0 Å². The van der Waals surface area contributed by atoms with Gasteiger partial charge in [0.1, 0.15) is 5.60 Å². The fraction of sp³-hybridized carbons (Fsp3) is 0.867. The zero-order chi connectivity index (χ0) is 15.3. The van der Waals surface area contributed by atoms with Crippen LogP contribution in [0.3, 0.4) is 0 Å². The second kappa shape index (κ2) is 6.95. The Balaban J connectivity index is 2.19. The van der Waals surface area contributed by atoms with Crippen LogP contribution >= 0.6 is 0 Å². The molecular weight excluding hydrogens is 256 g/mol. The maximum atomic E-state index is 11.8. The topological polar surface area (TPSA) is 67.4 Å². The molecule has 0 saturated heterocycles. The van der Waals surface area contributed by atoms with Crippen molar-refractivity contribution in [3.63, 3.8) is 0 Å². The summed E-state index contributed by atoms with van der Waals surface area (Å²) in [6.45, 7) is 10.1. The van der Waals surface area contributed by atoms with E-state index in [4.69, 9.17) is 4.74 Å². The molecule has 2 amide bonds. The molecule has 0 aromatic rings. The molecule has 0 aromatic heterocycles. The summed E-state index contributed by atoms with van der Waals surface area (Å²) in [5.41, 5.74) is -0.512. The Kier molecular flexibility index (Phi) is 5.84. The van der Waals surface area contributed by atoms with Crippen LogP contribution in [0.5, 0.6) is 0 Å². The molecule has 5 nitrogen and oxygen atoms in total. The Labute approximate surface area is 121 Å². The van der Waals surface area contributed by atoms with Gasteiger partial charge < -0.3 is 15.4 Å². The highest BCUT2D eigenvalue weighted by molar-refractivity contribution is 5.77. The van der Waals surface area contributed by atoms with Gasteiger partial charge in [0.25, 0.3) is 0 Å². The number of hydrogen-bond donors (Lipinski definition) is 2. The molecule has 0 bridgehead atoms. The summed E-state index contributed by atoms with van der Waals surface area (Å²) in [4.78, 5) is 23.2. The zero-order valence-corrected chi connectivity index (χ0v) is 13.3. The molecule has 0 spiro atoms. The molecule has 1 aliphatic rings. The van der Waals surface area contributed by atoms with Gasteiger partial charge in [0.05, 0.1) is 0 Å². The van der Waals surface area contributed by atoms with Crippen LogP contribution in [-0.4, -0.2) is 30.2 Å². The van der Waals surface area contributed by atoms with E-state index in [0.717, 1.165) is 6.42 Å². The summed E-state index contributed by atoms with van der Waals surface area (Å²) >= 11 is 0. The molecule has 0 radical (unpaired) electrons. The largest absolute Gasteiger partial charge is 0.444 e. The van der Waals surface area contributed by atoms with E-state index >= 15 is 0 Å². The van der Waals surface area contributed by atoms with Crippen molar-refractivity contribution in [2.24, 2.45) is 11.8 Å². The van der Waals surface area contributed by atoms with E-state index in [1.54, 1.807) is 0 Å². The molecule has 5 heteroatoms. The average molecular weight is 284 g/mol. The van der Waals surface area contributed by atoms with E-state index in [1.807, 2.05) is 20.8 Å². The van der Waals surface area contributed by atoms with Crippen LogP contribution in [-0.2, 0) is 9.53 Å². The van der Waals surface area contributed by atoms with Crippen molar-refractivity contribution in [1.82, 2.24) is 10.6 Å². The molecule has 2 N–H and O–H groups in total. The zero-order valence-electron chi connectivity index (χ0n) is 13.3. The van der Waals surface area contributed by atoms with Gasteiger partial charge in [-0.1, -0.05) is 13.8 Å². The fourth-order valence-electron chi connectivity index (χ4n) is 2.44. The standard InChI is InChI=1S/C15H28N2O3/c1-10-6-7-12(11(10)2)17-13(18)8-9-16-14(19)20-15(3,4)5/h10-12H,6-9H2,1-5H3,(H,16,19)(H,17,18). The van der Waals surface area contributed by atoms with Crippen molar-refractivity contribution in [1.29, 1.82) is 0 Å². The van der Waals surface area contributed by atoms with Crippen LogP contribution in [0.1, 0.15) is 53.9 Å². The lowest BCUT2D eigenvalue weighted by Gasteiger charge is -2.21. The smallest absolute Gasteiger partial charge is 0.407 e. The molecule has 1 aliphatic carbocycles. The van der Waals surface area contributed by atoms with Crippen LogP contribution < -0.4 is 10.6 Å². The lowest BCUT2D eigenvalue weighted by Crippen LogP contribution is -2.39. The first-order valence-electron chi connectivity index (χ1n) is 7.45. The highest BCUT2D eigenvalue weighted by Gasteiger charge is 2.30. The summed E-state index contributed by atoms with van der Waals surface area (Å²) in [5.74, 6) is 1.19. The van der Waals surface area contributed by atoms with E-state index in [1.165, 1.54) is 6.42 Å². The number of amides is 2. The maximum Gasteiger partial charge on any atom is 0.407 e. The van der Waals surface area contributed by atoms with Gasteiger partial charge in [-0.15, -0.1) is 0 Å². The predicted molar refractivity (Wildman–Crippen MR) is 78.3 cm³/mol. The summed E-state index contributed by atoms with van der Waals surface area (Å²) in [6, 6.07) is 0.277. The summed E-state index contributed by atoms with van der Waals surface area (Å²) in [5, 5.41) is 5.64. The van der Waals surface area contributed by atoms with Gasteiger partial charge in [0.2, 0.25) is 5.91 Å².